The summed E-state index contributed by atoms with van der Waals surface area (Å²) in [5, 5.41) is 11.7. The van der Waals surface area contributed by atoms with E-state index in [1.54, 1.807) is 11.0 Å². The molecule has 0 spiro atoms. The predicted octanol–water partition coefficient (Wildman–Crippen LogP) is 0.371. The Labute approximate surface area is 109 Å². The minimum absolute atomic E-state index is 0.0193. The summed E-state index contributed by atoms with van der Waals surface area (Å²) in [5.41, 5.74) is 5.92. The number of benzene rings is 1. The summed E-state index contributed by atoms with van der Waals surface area (Å²) in [6, 6.07) is 4.31. The fourth-order valence-corrected chi connectivity index (χ4v) is 1.83. The minimum atomic E-state index is -1.10. The number of nitrogen functional groups attached to an aromatic ring is 1. The number of urea groups is 1. The van der Waals surface area contributed by atoms with Gasteiger partial charge in [0.15, 0.2) is 0 Å². The average Bonchev–Trinajstić information content (AvgIpc) is 2.77. The number of nitrogens with two attached hydrogens (primary N) is 1. The van der Waals surface area contributed by atoms with E-state index < -0.39 is 5.97 Å². The normalized spacial score (nSPS) is 14.3. The smallest absolute Gasteiger partial charge is 0.339 e. The summed E-state index contributed by atoms with van der Waals surface area (Å²) in [7, 11) is 0. The van der Waals surface area contributed by atoms with Crippen molar-refractivity contribution in [1.29, 1.82) is 0 Å². The molecule has 2 rings (SSSR count). The molecule has 7 nitrogen and oxygen atoms in total. The maximum absolute atomic E-state index is 11.3. The average molecular weight is 265 g/mol. The number of carbonyl (C=O) groups is 2. The number of carboxylic acids is 1. The van der Waals surface area contributed by atoms with Crippen LogP contribution in [0.2, 0.25) is 0 Å². The third-order valence-electron chi connectivity index (χ3n) is 2.80. The van der Waals surface area contributed by atoms with Gasteiger partial charge in [-0.25, -0.2) is 9.59 Å². The lowest BCUT2D eigenvalue weighted by atomic mass is 10.2. The zero-order chi connectivity index (χ0) is 13.8. The first-order valence-electron chi connectivity index (χ1n) is 5.86. The molecule has 1 fully saturated rings. The van der Waals surface area contributed by atoms with Gasteiger partial charge in [0, 0.05) is 18.8 Å². The molecule has 1 heterocycles. The SMILES string of the molecule is Nc1ccc(OCCN2CCNC2=O)c(C(=O)O)c1. The molecule has 1 aliphatic heterocycles. The molecule has 4 N–H and O–H groups in total. The van der Waals surface area contributed by atoms with Gasteiger partial charge in [-0.05, 0) is 18.2 Å². The quantitative estimate of drug-likeness (QED) is 0.667. The Balaban J connectivity index is 1.95. The Kier molecular flexibility index (Phi) is 3.74. The lowest BCUT2D eigenvalue weighted by Crippen LogP contribution is -2.32. The molecule has 0 unspecified atom stereocenters. The van der Waals surface area contributed by atoms with Gasteiger partial charge in [-0.1, -0.05) is 0 Å². The lowest BCUT2D eigenvalue weighted by molar-refractivity contribution is 0.0691. The van der Waals surface area contributed by atoms with E-state index in [-0.39, 0.29) is 24.0 Å². The number of carboxylic acid groups (broad SMARTS) is 1. The van der Waals surface area contributed by atoms with Crippen molar-refractivity contribution < 1.29 is 19.4 Å². The van der Waals surface area contributed by atoms with Gasteiger partial charge in [-0.2, -0.15) is 0 Å². The Morgan fingerprint density at radius 1 is 1.53 bits per heavy atom. The summed E-state index contributed by atoms with van der Waals surface area (Å²) < 4.78 is 5.41. The van der Waals surface area contributed by atoms with Crippen LogP contribution in [0.1, 0.15) is 10.4 Å². The Bertz CT molecular complexity index is 504. The van der Waals surface area contributed by atoms with E-state index in [1.807, 2.05) is 0 Å². The predicted molar refractivity (Wildman–Crippen MR) is 68.3 cm³/mol. The van der Waals surface area contributed by atoms with Gasteiger partial charge in [-0.3, -0.25) is 0 Å². The van der Waals surface area contributed by atoms with Crippen LogP contribution in [0.5, 0.6) is 5.75 Å². The Hall–Kier alpha value is -2.44. The lowest BCUT2D eigenvalue weighted by Gasteiger charge is -2.15. The molecule has 1 aromatic rings. The number of carbonyl (C=O) groups excluding carboxylic acids is 1. The highest BCUT2D eigenvalue weighted by Crippen LogP contribution is 2.21. The zero-order valence-corrected chi connectivity index (χ0v) is 10.3. The van der Waals surface area contributed by atoms with Crippen molar-refractivity contribution in [3.8, 4) is 5.75 Å². The monoisotopic (exact) mass is 265 g/mol. The number of ether oxygens (including phenoxy) is 1. The number of aromatic carboxylic acids is 1. The highest BCUT2D eigenvalue weighted by Gasteiger charge is 2.19. The van der Waals surface area contributed by atoms with Crippen LogP contribution in [-0.4, -0.2) is 48.2 Å². The second-order valence-electron chi connectivity index (χ2n) is 4.13. The van der Waals surface area contributed by atoms with Gasteiger partial charge in [0.25, 0.3) is 0 Å². The molecular weight excluding hydrogens is 250 g/mol. The number of nitrogens with one attached hydrogen (secondary N) is 1. The fourth-order valence-electron chi connectivity index (χ4n) is 1.83. The van der Waals surface area contributed by atoms with Gasteiger partial charge in [0.1, 0.15) is 17.9 Å². The van der Waals surface area contributed by atoms with Gasteiger partial charge in [-0.15, -0.1) is 0 Å². The maximum Gasteiger partial charge on any atom is 0.339 e. The van der Waals surface area contributed by atoms with Crippen molar-refractivity contribution >= 4 is 17.7 Å². The molecule has 0 atom stereocenters. The standard InChI is InChI=1S/C12H15N3O4/c13-8-1-2-10(9(7-8)11(16)17)19-6-5-15-4-3-14-12(15)18/h1-2,7H,3-6,13H2,(H,14,18)(H,16,17). The minimum Gasteiger partial charge on any atom is -0.491 e. The van der Waals surface area contributed by atoms with Gasteiger partial charge in [0.05, 0.1) is 6.54 Å². The van der Waals surface area contributed by atoms with E-state index in [2.05, 4.69) is 5.32 Å². The van der Waals surface area contributed by atoms with Crippen LogP contribution in [0.15, 0.2) is 18.2 Å². The number of hydrogen-bond acceptors (Lipinski definition) is 4. The Morgan fingerprint density at radius 2 is 2.32 bits per heavy atom. The molecule has 102 valence electrons. The number of hydrogen-bond donors (Lipinski definition) is 3. The summed E-state index contributed by atoms with van der Waals surface area (Å²) in [4.78, 5) is 23.9. The van der Waals surface area contributed by atoms with E-state index in [1.165, 1.54) is 12.1 Å². The molecule has 0 aromatic heterocycles. The van der Waals surface area contributed by atoms with Crippen LogP contribution in [0.3, 0.4) is 0 Å². The topological polar surface area (TPSA) is 105 Å². The van der Waals surface area contributed by atoms with Crippen molar-refractivity contribution in [3.63, 3.8) is 0 Å². The van der Waals surface area contributed by atoms with Crippen molar-refractivity contribution in [1.82, 2.24) is 10.2 Å². The highest BCUT2D eigenvalue weighted by molar-refractivity contribution is 5.92. The van der Waals surface area contributed by atoms with E-state index in [0.29, 0.717) is 25.3 Å². The van der Waals surface area contributed by atoms with Gasteiger partial charge in [0.2, 0.25) is 0 Å². The molecule has 0 radical (unpaired) electrons. The molecule has 7 heteroatoms. The van der Waals surface area contributed by atoms with Gasteiger partial charge < -0.3 is 25.8 Å². The second-order valence-corrected chi connectivity index (χ2v) is 4.13. The third kappa shape index (κ3) is 3.06. The summed E-state index contributed by atoms with van der Waals surface area (Å²) in [6.45, 7) is 1.91. The van der Waals surface area contributed by atoms with Crippen LogP contribution in [0.25, 0.3) is 0 Å². The molecule has 2 amide bonds. The van der Waals surface area contributed by atoms with Crippen LogP contribution in [-0.2, 0) is 0 Å². The molecule has 1 aromatic carbocycles. The van der Waals surface area contributed by atoms with Gasteiger partial charge >= 0.3 is 12.0 Å². The van der Waals surface area contributed by atoms with E-state index in [4.69, 9.17) is 15.6 Å². The summed E-state index contributed by atoms with van der Waals surface area (Å²) in [6.07, 6.45) is 0. The highest BCUT2D eigenvalue weighted by atomic mass is 16.5. The van der Waals surface area contributed by atoms with Crippen molar-refractivity contribution in [2.75, 3.05) is 32.0 Å². The first kappa shape index (κ1) is 13.0. The largest absolute Gasteiger partial charge is 0.491 e. The number of amides is 2. The first-order valence-corrected chi connectivity index (χ1v) is 5.86. The zero-order valence-electron chi connectivity index (χ0n) is 10.3. The second kappa shape index (κ2) is 5.47. The maximum atomic E-state index is 11.3. The molecule has 0 saturated carbocycles. The Morgan fingerprint density at radius 3 is 2.95 bits per heavy atom. The molecule has 0 aliphatic carbocycles. The van der Waals surface area contributed by atoms with Crippen LogP contribution < -0.4 is 15.8 Å². The number of nitrogens with zero attached hydrogens (tertiary/aromatic N) is 1. The molecule has 19 heavy (non-hydrogen) atoms. The molecule has 0 bridgehead atoms. The molecule has 1 saturated heterocycles. The van der Waals surface area contributed by atoms with Crippen LogP contribution in [0.4, 0.5) is 10.5 Å². The first-order chi connectivity index (χ1) is 9.08. The van der Waals surface area contributed by atoms with Crippen molar-refractivity contribution in [2.45, 2.75) is 0 Å². The van der Waals surface area contributed by atoms with Crippen molar-refractivity contribution in [2.24, 2.45) is 0 Å². The summed E-state index contributed by atoms with van der Waals surface area (Å²) >= 11 is 0. The number of rotatable bonds is 5. The van der Waals surface area contributed by atoms with E-state index >= 15 is 0 Å². The molecular formula is C12H15N3O4. The van der Waals surface area contributed by atoms with Crippen LogP contribution >= 0.6 is 0 Å². The molecule has 1 aliphatic rings. The van der Waals surface area contributed by atoms with Crippen molar-refractivity contribution in [3.05, 3.63) is 23.8 Å². The van der Waals surface area contributed by atoms with Crippen LogP contribution in [0, 0.1) is 0 Å². The summed E-state index contributed by atoms with van der Waals surface area (Å²) in [5.74, 6) is -0.845. The van der Waals surface area contributed by atoms with E-state index in [0.717, 1.165) is 0 Å². The fraction of sp³-hybridized carbons (Fsp3) is 0.333. The third-order valence-corrected chi connectivity index (χ3v) is 2.80. The number of anilines is 1. The van der Waals surface area contributed by atoms with E-state index in [9.17, 15) is 9.59 Å².